The molecule has 0 saturated carbocycles. The van der Waals surface area contributed by atoms with E-state index in [0.29, 0.717) is 26.2 Å². The van der Waals surface area contributed by atoms with Crippen molar-refractivity contribution in [3.8, 4) is 0 Å². The van der Waals surface area contributed by atoms with Crippen molar-refractivity contribution in [2.75, 3.05) is 32.8 Å². The van der Waals surface area contributed by atoms with E-state index in [1.54, 1.807) is 11.0 Å². The Labute approximate surface area is 79.2 Å². The van der Waals surface area contributed by atoms with E-state index in [-0.39, 0.29) is 12.5 Å². The molecule has 0 aliphatic heterocycles. The fourth-order valence-electron chi connectivity index (χ4n) is 0.973. The second-order valence-electron chi connectivity index (χ2n) is 2.62. The number of aliphatic hydroxyl groups is 1. The van der Waals surface area contributed by atoms with Gasteiger partial charge in [0.2, 0.25) is 5.91 Å². The van der Waals surface area contributed by atoms with Gasteiger partial charge in [-0.1, -0.05) is 6.08 Å². The Kier molecular flexibility index (Phi) is 7.24. The third kappa shape index (κ3) is 5.38. The van der Waals surface area contributed by atoms with E-state index in [2.05, 4.69) is 11.9 Å². The Hall–Kier alpha value is -0.870. The van der Waals surface area contributed by atoms with Crippen molar-refractivity contribution in [2.24, 2.45) is 0 Å². The fraction of sp³-hybridized carbons (Fsp3) is 0.667. The SMILES string of the molecule is C=CCNCC(=O)N(CC)CCO. The third-order valence-corrected chi connectivity index (χ3v) is 1.67. The molecule has 0 aliphatic rings. The van der Waals surface area contributed by atoms with Crippen LogP contribution >= 0.6 is 0 Å². The van der Waals surface area contributed by atoms with E-state index in [1.165, 1.54) is 0 Å². The highest BCUT2D eigenvalue weighted by atomic mass is 16.3. The first-order valence-electron chi connectivity index (χ1n) is 4.46. The number of aliphatic hydroxyl groups excluding tert-OH is 1. The largest absolute Gasteiger partial charge is 0.395 e. The molecule has 0 rings (SSSR count). The lowest BCUT2D eigenvalue weighted by Gasteiger charge is -2.19. The molecule has 0 atom stereocenters. The minimum Gasteiger partial charge on any atom is -0.395 e. The van der Waals surface area contributed by atoms with Crippen LogP contribution in [0.15, 0.2) is 12.7 Å². The van der Waals surface area contributed by atoms with Crippen molar-refractivity contribution in [1.82, 2.24) is 10.2 Å². The number of carbonyl (C=O) groups is 1. The molecule has 4 nitrogen and oxygen atoms in total. The zero-order valence-electron chi connectivity index (χ0n) is 8.12. The van der Waals surface area contributed by atoms with Crippen LogP contribution in [0.4, 0.5) is 0 Å². The van der Waals surface area contributed by atoms with Gasteiger partial charge in [-0.2, -0.15) is 0 Å². The lowest BCUT2D eigenvalue weighted by molar-refractivity contribution is -0.130. The van der Waals surface area contributed by atoms with Crippen LogP contribution in [-0.2, 0) is 4.79 Å². The van der Waals surface area contributed by atoms with E-state index in [0.717, 1.165) is 0 Å². The molecule has 0 heterocycles. The Morgan fingerprint density at radius 3 is 2.85 bits per heavy atom. The zero-order chi connectivity index (χ0) is 10.1. The first kappa shape index (κ1) is 12.1. The van der Waals surface area contributed by atoms with Crippen LogP contribution in [0.1, 0.15) is 6.92 Å². The van der Waals surface area contributed by atoms with Gasteiger partial charge in [0.1, 0.15) is 0 Å². The van der Waals surface area contributed by atoms with Crippen molar-refractivity contribution in [1.29, 1.82) is 0 Å². The van der Waals surface area contributed by atoms with Gasteiger partial charge in [0.25, 0.3) is 0 Å². The summed E-state index contributed by atoms with van der Waals surface area (Å²) in [6.45, 7) is 7.41. The molecule has 2 N–H and O–H groups in total. The quantitative estimate of drug-likeness (QED) is 0.420. The molecule has 0 spiro atoms. The van der Waals surface area contributed by atoms with Gasteiger partial charge < -0.3 is 15.3 Å². The molecule has 0 aromatic heterocycles. The molecule has 0 saturated heterocycles. The number of hydrogen-bond donors (Lipinski definition) is 2. The number of likely N-dealkylation sites (N-methyl/N-ethyl adjacent to an activating group) is 1. The molecule has 0 aromatic carbocycles. The maximum atomic E-state index is 11.4. The van der Waals surface area contributed by atoms with E-state index >= 15 is 0 Å². The summed E-state index contributed by atoms with van der Waals surface area (Å²) in [5.74, 6) is 0.0124. The molecular weight excluding hydrogens is 168 g/mol. The average Bonchev–Trinajstić information content (AvgIpc) is 2.14. The summed E-state index contributed by atoms with van der Waals surface area (Å²) in [5.41, 5.74) is 0. The van der Waals surface area contributed by atoms with E-state index in [9.17, 15) is 4.79 Å². The maximum absolute atomic E-state index is 11.4. The number of nitrogens with one attached hydrogen (secondary N) is 1. The molecule has 13 heavy (non-hydrogen) atoms. The summed E-state index contributed by atoms with van der Waals surface area (Å²) in [5, 5.41) is 11.6. The van der Waals surface area contributed by atoms with Crippen LogP contribution in [0.25, 0.3) is 0 Å². The Balaban J connectivity index is 3.70. The minimum atomic E-state index is 0.0124. The van der Waals surface area contributed by atoms with E-state index in [1.807, 2.05) is 6.92 Å². The summed E-state index contributed by atoms with van der Waals surface area (Å²) < 4.78 is 0. The second kappa shape index (κ2) is 7.76. The van der Waals surface area contributed by atoms with Crippen molar-refractivity contribution in [2.45, 2.75) is 6.92 Å². The molecule has 0 radical (unpaired) electrons. The van der Waals surface area contributed by atoms with E-state index < -0.39 is 0 Å². The van der Waals surface area contributed by atoms with Crippen LogP contribution in [0.5, 0.6) is 0 Å². The predicted octanol–water partition coefficient (Wildman–Crippen LogP) is -0.397. The van der Waals surface area contributed by atoms with Gasteiger partial charge in [0.05, 0.1) is 13.2 Å². The normalized spacial score (nSPS) is 9.69. The average molecular weight is 186 g/mol. The summed E-state index contributed by atoms with van der Waals surface area (Å²) in [7, 11) is 0. The number of hydrogen-bond acceptors (Lipinski definition) is 3. The Bertz CT molecular complexity index is 160. The van der Waals surface area contributed by atoms with Crippen molar-refractivity contribution in [3.05, 3.63) is 12.7 Å². The van der Waals surface area contributed by atoms with Gasteiger partial charge in [0, 0.05) is 19.6 Å². The first-order chi connectivity index (χ1) is 6.26. The molecule has 1 amide bonds. The third-order valence-electron chi connectivity index (χ3n) is 1.67. The fourth-order valence-corrected chi connectivity index (χ4v) is 0.973. The summed E-state index contributed by atoms with van der Waals surface area (Å²) in [6.07, 6.45) is 1.70. The molecule has 0 unspecified atom stereocenters. The van der Waals surface area contributed by atoms with Gasteiger partial charge in [-0.15, -0.1) is 6.58 Å². The van der Waals surface area contributed by atoms with Crippen LogP contribution in [0.3, 0.4) is 0 Å². The smallest absolute Gasteiger partial charge is 0.236 e. The lowest BCUT2D eigenvalue weighted by atomic mass is 10.4. The van der Waals surface area contributed by atoms with Gasteiger partial charge in [-0.25, -0.2) is 0 Å². The van der Waals surface area contributed by atoms with Crippen LogP contribution in [0, 0.1) is 0 Å². The number of nitrogens with zero attached hydrogens (tertiary/aromatic N) is 1. The Morgan fingerprint density at radius 2 is 2.38 bits per heavy atom. The molecule has 0 bridgehead atoms. The molecule has 4 heteroatoms. The second-order valence-corrected chi connectivity index (χ2v) is 2.62. The highest BCUT2D eigenvalue weighted by Crippen LogP contribution is 1.87. The van der Waals surface area contributed by atoms with Crippen LogP contribution in [-0.4, -0.2) is 48.7 Å². The zero-order valence-corrected chi connectivity index (χ0v) is 8.12. The standard InChI is InChI=1S/C9H18N2O2/c1-3-5-10-8-9(13)11(4-2)6-7-12/h3,10,12H,1,4-8H2,2H3. The number of amides is 1. The highest BCUT2D eigenvalue weighted by molar-refractivity contribution is 5.78. The summed E-state index contributed by atoms with van der Waals surface area (Å²) >= 11 is 0. The molecular formula is C9H18N2O2. The monoisotopic (exact) mass is 186 g/mol. The van der Waals surface area contributed by atoms with Crippen LogP contribution in [0.2, 0.25) is 0 Å². The van der Waals surface area contributed by atoms with Crippen molar-refractivity contribution in [3.63, 3.8) is 0 Å². The van der Waals surface area contributed by atoms with Gasteiger partial charge in [-0.3, -0.25) is 4.79 Å². The van der Waals surface area contributed by atoms with E-state index in [4.69, 9.17) is 5.11 Å². The van der Waals surface area contributed by atoms with Gasteiger partial charge in [0.15, 0.2) is 0 Å². The van der Waals surface area contributed by atoms with Gasteiger partial charge >= 0.3 is 0 Å². The molecule has 0 fully saturated rings. The molecule has 0 aliphatic carbocycles. The first-order valence-corrected chi connectivity index (χ1v) is 4.46. The maximum Gasteiger partial charge on any atom is 0.236 e. The molecule has 0 aromatic rings. The topological polar surface area (TPSA) is 52.6 Å². The predicted molar refractivity (Wildman–Crippen MR) is 52.4 cm³/mol. The lowest BCUT2D eigenvalue weighted by Crippen LogP contribution is -2.39. The van der Waals surface area contributed by atoms with Crippen LogP contribution < -0.4 is 5.32 Å². The summed E-state index contributed by atoms with van der Waals surface area (Å²) in [6, 6.07) is 0. The van der Waals surface area contributed by atoms with Crippen molar-refractivity contribution >= 4 is 5.91 Å². The highest BCUT2D eigenvalue weighted by Gasteiger charge is 2.08. The van der Waals surface area contributed by atoms with Crippen molar-refractivity contribution < 1.29 is 9.90 Å². The van der Waals surface area contributed by atoms with Gasteiger partial charge in [-0.05, 0) is 6.92 Å². The Morgan fingerprint density at radius 1 is 1.69 bits per heavy atom. The number of carbonyl (C=O) groups excluding carboxylic acids is 1. The number of rotatable bonds is 7. The molecule has 76 valence electrons. The summed E-state index contributed by atoms with van der Waals surface area (Å²) in [4.78, 5) is 13.0. The minimum absolute atomic E-state index is 0.0124.